The van der Waals surface area contributed by atoms with Crippen LogP contribution in [0.2, 0.25) is 0 Å². The van der Waals surface area contributed by atoms with E-state index in [-0.39, 0.29) is 32.0 Å². The lowest BCUT2D eigenvalue weighted by Gasteiger charge is -2.28. The zero-order valence-corrected chi connectivity index (χ0v) is 27.5. The Hall–Kier alpha value is -2.86. The Kier molecular flexibility index (Phi) is 10.0. The second-order valence-corrected chi connectivity index (χ2v) is 16.6. The van der Waals surface area contributed by atoms with Crippen LogP contribution in [-0.2, 0) is 37.3 Å². The van der Waals surface area contributed by atoms with Gasteiger partial charge in [0, 0.05) is 16.7 Å². The summed E-state index contributed by atoms with van der Waals surface area (Å²) in [5.41, 5.74) is 4.54. The van der Waals surface area contributed by atoms with Crippen molar-refractivity contribution in [2.24, 2.45) is 0 Å². The molecule has 0 aliphatic carbocycles. The monoisotopic (exact) mass is 588 g/mol. The van der Waals surface area contributed by atoms with Crippen LogP contribution in [0.4, 0.5) is 0 Å². The maximum absolute atomic E-state index is 10.3. The first kappa shape index (κ1) is 32.7. The molecule has 0 atom stereocenters. The quantitative estimate of drug-likeness (QED) is 0.176. The minimum absolute atomic E-state index is 0.0786. The molecule has 4 rings (SSSR count). The van der Waals surface area contributed by atoms with Crippen molar-refractivity contribution in [3.63, 3.8) is 0 Å². The molecule has 0 aliphatic rings. The van der Waals surface area contributed by atoms with Crippen molar-refractivity contribution in [2.45, 2.75) is 98.1 Å². The highest BCUT2D eigenvalue weighted by Crippen LogP contribution is 2.44. The van der Waals surface area contributed by atoms with Crippen molar-refractivity contribution in [3.8, 4) is 0 Å². The standard InChI is InChI=1S/C30H39S.C6H6O3S/c1-28(2,3)22-16-10-13-19-25(22)31(26-20-14-11-17-23(26)29(4,5)6)27-21-15-12-18-24(27)30(7,8)9;7-10(8,9)6-4-2-1-3-5-6/h10-21H,1-9H3;1-5H,(H,7,8,9)/q+1;/p-1. The second-order valence-electron chi connectivity index (χ2n) is 13.3. The van der Waals surface area contributed by atoms with Crippen LogP contribution in [0.15, 0.2) is 123 Å². The molecule has 5 heteroatoms. The molecule has 0 bridgehead atoms. The maximum Gasteiger partial charge on any atom is 0.170 e. The van der Waals surface area contributed by atoms with E-state index in [1.54, 1.807) is 6.07 Å². The summed E-state index contributed by atoms with van der Waals surface area (Å²) in [6.07, 6.45) is 0. The summed E-state index contributed by atoms with van der Waals surface area (Å²) in [4.78, 5) is 4.16. The van der Waals surface area contributed by atoms with Gasteiger partial charge in [-0.15, -0.1) is 0 Å². The molecule has 0 heterocycles. The van der Waals surface area contributed by atoms with E-state index >= 15 is 0 Å². The van der Waals surface area contributed by atoms with Crippen LogP contribution in [0.1, 0.15) is 79.0 Å². The highest BCUT2D eigenvalue weighted by atomic mass is 32.2. The van der Waals surface area contributed by atoms with Gasteiger partial charge >= 0.3 is 0 Å². The summed E-state index contributed by atoms with van der Waals surface area (Å²) < 4.78 is 30.8. The van der Waals surface area contributed by atoms with E-state index in [1.807, 2.05) is 0 Å². The Labute approximate surface area is 251 Å². The fraction of sp³-hybridized carbons (Fsp3) is 0.333. The molecule has 41 heavy (non-hydrogen) atoms. The summed E-state index contributed by atoms with van der Waals surface area (Å²) >= 11 is 0. The molecule has 0 unspecified atom stereocenters. The third-order valence-corrected chi connectivity index (χ3v) is 10.0. The van der Waals surface area contributed by atoms with E-state index in [0.29, 0.717) is 0 Å². The van der Waals surface area contributed by atoms with E-state index in [2.05, 4.69) is 135 Å². The first-order valence-electron chi connectivity index (χ1n) is 14.0. The van der Waals surface area contributed by atoms with Crippen molar-refractivity contribution in [1.29, 1.82) is 0 Å². The number of hydrogen-bond donors (Lipinski definition) is 0. The van der Waals surface area contributed by atoms with Gasteiger partial charge in [-0.05, 0) is 46.6 Å². The SMILES string of the molecule is CC(C)(C)c1ccccc1[S+](c1ccccc1C(C)(C)C)c1ccccc1C(C)(C)C.O=S(=O)([O-])c1ccccc1. The lowest BCUT2D eigenvalue weighted by atomic mass is 9.87. The van der Waals surface area contributed by atoms with Crippen molar-refractivity contribution in [3.05, 3.63) is 120 Å². The van der Waals surface area contributed by atoms with Crippen LogP contribution < -0.4 is 0 Å². The molecule has 0 saturated heterocycles. The average molecular weight is 589 g/mol. The molecule has 4 aromatic rings. The van der Waals surface area contributed by atoms with E-state index in [4.69, 9.17) is 0 Å². The minimum Gasteiger partial charge on any atom is -0.744 e. The predicted molar refractivity (Wildman–Crippen MR) is 172 cm³/mol. The lowest BCUT2D eigenvalue weighted by Crippen LogP contribution is -2.23. The van der Waals surface area contributed by atoms with Crippen LogP contribution in [0.3, 0.4) is 0 Å². The van der Waals surface area contributed by atoms with Crippen molar-refractivity contribution < 1.29 is 13.0 Å². The Balaban J connectivity index is 0.000000389. The third kappa shape index (κ3) is 8.34. The smallest absolute Gasteiger partial charge is 0.170 e. The molecule has 0 aliphatic heterocycles. The molecular weight excluding hydrogens is 545 g/mol. The van der Waals surface area contributed by atoms with Gasteiger partial charge in [0.1, 0.15) is 21.0 Å². The number of hydrogen-bond acceptors (Lipinski definition) is 3. The van der Waals surface area contributed by atoms with Gasteiger partial charge in [0.25, 0.3) is 0 Å². The summed E-state index contributed by atoms with van der Waals surface area (Å²) in [6, 6.07) is 34.5. The van der Waals surface area contributed by atoms with Gasteiger partial charge in [-0.3, -0.25) is 0 Å². The van der Waals surface area contributed by atoms with Gasteiger partial charge in [-0.1, -0.05) is 135 Å². The maximum atomic E-state index is 10.3. The van der Waals surface area contributed by atoms with Gasteiger partial charge in [0.15, 0.2) is 14.7 Å². The largest absolute Gasteiger partial charge is 0.744 e. The molecule has 0 radical (unpaired) electrons. The molecule has 0 amide bonds. The number of rotatable bonds is 4. The Bertz CT molecular complexity index is 1420. The zero-order chi connectivity index (χ0) is 30.6. The van der Waals surface area contributed by atoms with Gasteiger partial charge in [0.05, 0.1) is 4.90 Å². The van der Waals surface area contributed by atoms with Crippen LogP contribution >= 0.6 is 0 Å². The normalized spacial score (nSPS) is 12.6. The van der Waals surface area contributed by atoms with Gasteiger partial charge in [-0.25, -0.2) is 8.42 Å². The minimum atomic E-state index is -4.25. The van der Waals surface area contributed by atoms with Crippen LogP contribution in [-0.4, -0.2) is 13.0 Å². The fourth-order valence-electron chi connectivity index (χ4n) is 4.74. The summed E-state index contributed by atoms with van der Waals surface area (Å²) in [5.74, 6) is 0. The van der Waals surface area contributed by atoms with Crippen molar-refractivity contribution >= 4 is 21.0 Å². The van der Waals surface area contributed by atoms with E-state index in [1.165, 1.54) is 55.6 Å². The van der Waals surface area contributed by atoms with E-state index in [9.17, 15) is 13.0 Å². The Morgan fingerprint density at radius 1 is 0.463 bits per heavy atom. The second kappa shape index (κ2) is 12.6. The summed E-state index contributed by atoms with van der Waals surface area (Å²) in [5, 5.41) is 0. The van der Waals surface area contributed by atoms with Crippen molar-refractivity contribution in [2.75, 3.05) is 0 Å². The van der Waals surface area contributed by atoms with Crippen molar-refractivity contribution in [1.82, 2.24) is 0 Å². The topological polar surface area (TPSA) is 57.2 Å². The van der Waals surface area contributed by atoms with E-state index < -0.39 is 10.1 Å². The summed E-state index contributed by atoms with van der Waals surface area (Å²) in [6.45, 7) is 21.0. The Morgan fingerprint density at radius 3 is 0.976 bits per heavy atom. The van der Waals surface area contributed by atoms with Gasteiger partial charge < -0.3 is 4.55 Å². The zero-order valence-electron chi connectivity index (χ0n) is 25.9. The van der Waals surface area contributed by atoms with E-state index in [0.717, 1.165) is 0 Å². The van der Waals surface area contributed by atoms with Crippen LogP contribution in [0.25, 0.3) is 0 Å². The first-order valence-corrected chi connectivity index (χ1v) is 16.6. The summed E-state index contributed by atoms with van der Waals surface area (Å²) in [7, 11) is -4.44. The first-order chi connectivity index (χ1) is 18.9. The predicted octanol–water partition coefficient (Wildman–Crippen LogP) is 9.27. The third-order valence-electron chi connectivity index (χ3n) is 6.78. The fourth-order valence-corrected chi connectivity index (χ4v) is 8.36. The molecule has 4 aromatic carbocycles. The molecular formula is C36H44O3S2. The lowest BCUT2D eigenvalue weighted by molar-refractivity contribution is 0.463. The van der Waals surface area contributed by atoms with Gasteiger partial charge in [-0.2, -0.15) is 0 Å². The molecule has 0 N–H and O–H groups in total. The molecule has 0 spiro atoms. The molecule has 0 aromatic heterocycles. The van der Waals surface area contributed by atoms with Crippen LogP contribution in [0.5, 0.6) is 0 Å². The highest BCUT2D eigenvalue weighted by molar-refractivity contribution is 7.97. The van der Waals surface area contributed by atoms with Crippen LogP contribution in [0, 0.1) is 0 Å². The molecule has 0 fully saturated rings. The number of benzene rings is 4. The Morgan fingerprint density at radius 2 is 0.732 bits per heavy atom. The molecule has 218 valence electrons. The molecule has 3 nitrogen and oxygen atoms in total. The average Bonchev–Trinajstić information content (AvgIpc) is 2.88. The molecule has 0 saturated carbocycles. The van der Waals surface area contributed by atoms with Gasteiger partial charge in [0.2, 0.25) is 0 Å². The highest BCUT2D eigenvalue weighted by Gasteiger charge is 2.40.